The molecule has 1 saturated heterocycles. The molecule has 20 heavy (non-hydrogen) atoms. The average molecular weight is 275 g/mol. The Labute approximate surface area is 121 Å². The van der Waals surface area contributed by atoms with E-state index in [1.165, 1.54) is 6.42 Å². The van der Waals surface area contributed by atoms with E-state index in [4.69, 9.17) is 5.73 Å². The molecule has 0 radical (unpaired) electrons. The number of piperidine rings is 1. The molecule has 2 N–H and O–H groups in total. The van der Waals surface area contributed by atoms with Gasteiger partial charge in [0.1, 0.15) is 5.82 Å². The highest BCUT2D eigenvalue weighted by Gasteiger charge is 2.26. The molecule has 110 valence electrons. The number of nitrogen functional groups attached to an aromatic ring is 1. The van der Waals surface area contributed by atoms with E-state index in [0.29, 0.717) is 17.4 Å². The largest absolute Gasteiger partial charge is 0.384 e. The van der Waals surface area contributed by atoms with E-state index in [9.17, 15) is 4.79 Å². The van der Waals surface area contributed by atoms with Gasteiger partial charge in [0.2, 0.25) is 0 Å². The Hall–Kier alpha value is -1.58. The second kappa shape index (κ2) is 5.43. The number of hydrogen-bond acceptors (Lipinski definition) is 3. The molecule has 1 atom stereocenters. The Bertz CT molecular complexity index is 505. The predicted octanol–water partition coefficient (Wildman–Crippen LogP) is 2.98. The molecule has 2 rings (SSSR count). The van der Waals surface area contributed by atoms with Gasteiger partial charge in [0.05, 0.1) is 0 Å². The molecule has 1 aliphatic rings. The van der Waals surface area contributed by atoms with Gasteiger partial charge in [-0.3, -0.25) is 4.79 Å². The van der Waals surface area contributed by atoms with E-state index >= 15 is 0 Å². The number of hydrogen-bond donors (Lipinski definition) is 1. The number of aromatic nitrogens is 1. The van der Waals surface area contributed by atoms with Crippen LogP contribution in [0.3, 0.4) is 0 Å². The zero-order valence-corrected chi connectivity index (χ0v) is 12.9. The van der Waals surface area contributed by atoms with Gasteiger partial charge in [0.25, 0.3) is 5.91 Å². The quantitative estimate of drug-likeness (QED) is 0.857. The third-order valence-corrected chi connectivity index (χ3v) is 3.92. The molecule has 1 unspecified atom stereocenters. The monoisotopic (exact) mass is 275 g/mol. The van der Waals surface area contributed by atoms with Crippen LogP contribution in [0.15, 0.2) is 12.1 Å². The van der Waals surface area contributed by atoms with E-state index in [2.05, 4.69) is 32.7 Å². The minimum Gasteiger partial charge on any atom is -0.384 e. The summed E-state index contributed by atoms with van der Waals surface area (Å²) in [5, 5.41) is 0. The van der Waals surface area contributed by atoms with Crippen molar-refractivity contribution in [2.75, 3.05) is 12.3 Å². The lowest BCUT2D eigenvalue weighted by Gasteiger charge is -2.33. The highest BCUT2D eigenvalue weighted by Crippen LogP contribution is 2.25. The second-order valence-corrected chi connectivity index (χ2v) is 6.76. The molecule has 1 aromatic rings. The fourth-order valence-corrected chi connectivity index (χ4v) is 2.63. The van der Waals surface area contributed by atoms with Gasteiger partial charge in [0.15, 0.2) is 0 Å². The summed E-state index contributed by atoms with van der Waals surface area (Å²) in [5.41, 5.74) is 7.29. The van der Waals surface area contributed by atoms with Crippen molar-refractivity contribution in [3.8, 4) is 0 Å². The van der Waals surface area contributed by atoms with E-state index in [1.807, 2.05) is 11.0 Å². The number of nitrogens with zero attached hydrogens (tertiary/aromatic N) is 2. The van der Waals surface area contributed by atoms with E-state index in [-0.39, 0.29) is 11.3 Å². The van der Waals surface area contributed by atoms with Crippen LogP contribution < -0.4 is 5.73 Å². The molecular weight excluding hydrogens is 250 g/mol. The number of carbonyl (C=O) groups excluding carboxylic acids is 1. The minimum absolute atomic E-state index is 0.0804. The van der Waals surface area contributed by atoms with Crippen molar-refractivity contribution in [1.82, 2.24) is 9.88 Å². The first-order valence-electron chi connectivity index (χ1n) is 7.38. The van der Waals surface area contributed by atoms with Gasteiger partial charge in [-0.15, -0.1) is 0 Å². The number of pyridine rings is 1. The SMILES string of the molecule is CC1CCCCN1C(=O)c1cc(N)nc(C(C)(C)C)c1. The summed E-state index contributed by atoms with van der Waals surface area (Å²) in [6.07, 6.45) is 3.37. The molecule has 0 spiro atoms. The summed E-state index contributed by atoms with van der Waals surface area (Å²) in [4.78, 5) is 19.0. The second-order valence-electron chi connectivity index (χ2n) is 6.76. The molecule has 4 nitrogen and oxygen atoms in total. The Morgan fingerprint density at radius 3 is 2.65 bits per heavy atom. The molecule has 0 bridgehead atoms. The molecule has 0 saturated carbocycles. The number of carbonyl (C=O) groups is 1. The molecule has 0 aliphatic carbocycles. The smallest absolute Gasteiger partial charge is 0.254 e. The molecule has 1 amide bonds. The summed E-state index contributed by atoms with van der Waals surface area (Å²) in [6, 6.07) is 3.89. The zero-order chi connectivity index (χ0) is 14.9. The van der Waals surface area contributed by atoms with Crippen molar-refractivity contribution < 1.29 is 4.79 Å². The van der Waals surface area contributed by atoms with Crippen LogP contribution in [0.1, 0.15) is 63.0 Å². The maximum absolute atomic E-state index is 12.7. The van der Waals surface area contributed by atoms with Crippen LogP contribution >= 0.6 is 0 Å². The van der Waals surface area contributed by atoms with Crippen LogP contribution in [-0.4, -0.2) is 28.4 Å². The molecule has 1 fully saturated rings. The lowest BCUT2D eigenvalue weighted by Crippen LogP contribution is -2.42. The summed E-state index contributed by atoms with van der Waals surface area (Å²) in [7, 11) is 0. The number of anilines is 1. The molecule has 1 aliphatic heterocycles. The topological polar surface area (TPSA) is 59.2 Å². The predicted molar refractivity (Wildman–Crippen MR) is 81.7 cm³/mol. The highest BCUT2D eigenvalue weighted by atomic mass is 16.2. The first-order chi connectivity index (χ1) is 9.29. The van der Waals surface area contributed by atoms with Crippen LogP contribution in [0.2, 0.25) is 0 Å². The van der Waals surface area contributed by atoms with Crippen LogP contribution in [0, 0.1) is 0 Å². The van der Waals surface area contributed by atoms with Gasteiger partial charge in [-0.25, -0.2) is 4.98 Å². The number of nitrogens with two attached hydrogens (primary N) is 1. The Morgan fingerprint density at radius 2 is 2.05 bits per heavy atom. The summed E-state index contributed by atoms with van der Waals surface area (Å²) in [5.74, 6) is 0.502. The van der Waals surface area contributed by atoms with Crippen LogP contribution in [0.25, 0.3) is 0 Å². The van der Waals surface area contributed by atoms with Crippen molar-refractivity contribution in [2.45, 2.75) is 58.4 Å². The highest BCUT2D eigenvalue weighted by molar-refractivity contribution is 5.95. The van der Waals surface area contributed by atoms with E-state index < -0.39 is 0 Å². The molecule has 1 aromatic heterocycles. The summed E-state index contributed by atoms with van der Waals surface area (Å²) in [6.45, 7) is 9.19. The van der Waals surface area contributed by atoms with Gasteiger partial charge in [-0.2, -0.15) is 0 Å². The summed E-state index contributed by atoms with van der Waals surface area (Å²) < 4.78 is 0. The van der Waals surface area contributed by atoms with Crippen molar-refractivity contribution in [2.24, 2.45) is 0 Å². The normalized spacial score (nSPS) is 20.0. The fourth-order valence-electron chi connectivity index (χ4n) is 2.63. The number of likely N-dealkylation sites (tertiary alicyclic amines) is 1. The van der Waals surface area contributed by atoms with Crippen LogP contribution in [0.5, 0.6) is 0 Å². The molecular formula is C16H25N3O. The van der Waals surface area contributed by atoms with E-state index in [0.717, 1.165) is 25.1 Å². The Kier molecular flexibility index (Phi) is 4.02. The van der Waals surface area contributed by atoms with Crippen LogP contribution in [-0.2, 0) is 5.41 Å². The van der Waals surface area contributed by atoms with Gasteiger partial charge in [-0.1, -0.05) is 20.8 Å². The zero-order valence-electron chi connectivity index (χ0n) is 12.9. The molecule has 2 heterocycles. The number of amides is 1. The minimum atomic E-state index is -0.113. The third kappa shape index (κ3) is 3.11. The van der Waals surface area contributed by atoms with Crippen molar-refractivity contribution in [1.29, 1.82) is 0 Å². The Balaban J connectivity index is 2.32. The first-order valence-corrected chi connectivity index (χ1v) is 7.38. The Morgan fingerprint density at radius 1 is 1.35 bits per heavy atom. The third-order valence-electron chi connectivity index (χ3n) is 3.92. The average Bonchev–Trinajstić information content (AvgIpc) is 2.37. The molecule has 4 heteroatoms. The van der Waals surface area contributed by atoms with Crippen molar-refractivity contribution >= 4 is 11.7 Å². The standard InChI is InChI=1S/C16H25N3O/c1-11-7-5-6-8-19(11)15(20)12-9-13(16(2,3)4)18-14(17)10-12/h9-11H,5-8H2,1-4H3,(H2,17,18). The maximum atomic E-state index is 12.7. The lowest BCUT2D eigenvalue weighted by atomic mass is 9.90. The maximum Gasteiger partial charge on any atom is 0.254 e. The lowest BCUT2D eigenvalue weighted by molar-refractivity contribution is 0.0635. The molecule has 0 aromatic carbocycles. The van der Waals surface area contributed by atoms with Gasteiger partial charge in [0, 0.05) is 29.3 Å². The number of rotatable bonds is 1. The fraction of sp³-hybridized carbons (Fsp3) is 0.625. The van der Waals surface area contributed by atoms with Gasteiger partial charge >= 0.3 is 0 Å². The summed E-state index contributed by atoms with van der Waals surface area (Å²) >= 11 is 0. The van der Waals surface area contributed by atoms with Crippen LogP contribution in [0.4, 0.5) is 5.82 Å². The first kappa shape index (κ1) is 14.8. The van der Waals surface area contributed by atoms with Crippen molar-refractivity contribution in [3.05, 3.63) is 23.4 Å². The van der Waals surface area contributed by atoms with Gasteiger partial charge < -0.3 is 10.6 Å². The van der Waals surface area contributed by atoms with Gasteiger partial charge in [-0.05, 0) is 38.3 Å². The van der Waals surface area contributed by atoms with E-state index in [1.54, 1.807) is 6.07 Å². The van der Waals surface area contributed by atoms with Crippen molar-refractivity contribution in [3.63, 3.8) is 0 Å².